The molecule has 0 saturated heterocycles. The van der Waals surface area contributed by atoms with Gasteiger partial charge in [-0.2, -0.15) is 0 Å². The molecule has 0 spiro atoms. The van der Waals surface area contributed by atoms with Crippen molar-refractivity contribution < 1.29 is 0 Å². The molecular formula is C7H4NS. The van der Waals surface area contributed by atoms with E-state index in [0.29, 0.717) is 0 Å². The van der Waals surface area contributed by atoms with Gasteiger partial charge in [-0.25, -0.2) is 0 Å². The molecule has 2 heterocycles. The van der Waals surface area contributed by atoms with Gasteiger partial charge in [0.1, 0.15) is 0 Å². The summed E-state index contributed by atoms with van der Waals surface area (Å²) in [4.78, 5) is 3.97. The van der Waals surface area contributed by atoms with Crippen LogP contribution in [0.2, 0.25) is 0 Å². The lowest BCUT2D eigenvalue weighted by molar-refractivity contribution is 1.37. The van der Waals surface area contributed by atoms with Gasteiger partial charge in [0, 0.05) is 27.9 Å². The largest absolute Gasteiger partial charge is 0.264 e. The number of aromatic nitrogens is 1. The summed E-state index contributed by atoms with van der Waals surface area (Å²) in [5, 5.41) is 4.22. The molecule has 0 aliphatic rings. The summed E-state index contributed by atoms with van der Waals surface area (Å²) in [5.41, 5.74) is 0. The van der Waals surface area contributed by atoms with Crippen molar-refractivity contribution in [3.05, 3.63) is 29.9 Å². The van der Waals surface area contributed by atoms with Gasteiger partial charge in [0.2, 0.25) is 0 Å². The number of nitrogens with zero attached hydrogens (tertiary/aromatic N) is 1. The molecule has 1 nitrogen and oxygen atoms in total. The maximum atomic E-state index is 3.97. The maximum absolute atomic E-state index is 3.97. The van der Waals surface area contributed by atoms with Crippen LogP contribution in [0.15, 0.2) is 24.5 Å². The SMILES string of the molecule is [c]1cc2cnccc2s1. The van der Waals surface area contributed by atoms with E-state index >= 15 is 0 Å². The summed E-state index contributed by atoms with van der Waals surface area (Å²) < 4.78 is 1.25. The summed E-state index contributed by atoms with van der Waals surface area (Å²) in [6, 6.07) is 3.95. The molecule has 0 atom stereocenters. The lowest BCUT2D eigenvalue weighted by Crippen LogP contribution is -1.64. The fourth-order valence-corrected chi connectivity index (χ4v) is 1.42. The molecule has 2 aromatic rings. The van der Waals surface area contributed by atoms with Crippen molar-refractivity contribution in [2.75, 3.05) is 0 Å². The molecule has 1 radical (unpaired) electrons. The Morgan fingerprint density at radius 1 is 1.56 bits per heavy atom. The van der Waals surface area contributed by atoms with Crippen molar-refractivity contribution in [3.63, 3.8) is 0 Å². The summed E-state index contributed by atoms with van der Waals surface area (Å²) >= 11 is 1.62. The molecule has 9 heavy (non-hydrogen) atoms. The van der Waals surface area contributed by atoms with Gasteiger partial charge in [-0.3, -0.25) is 4.98 Å². The highest BCUT2D eigenvalue weighted by Crippen LogP contribution is 2.16. The van der Waals surface area contributed by atoms with Gasteiger partial charge in [-0.15, -0.1) is 11.3 Å². The smallest absolute Gasteiger partial charge is 0.0456 e. The zero-order valence-corrected chi connectivity index (χ0v) is 5.48. The molecule has 0 N–H and O–H groups in total. The Labute approximate surface area is 57.0 Å². The second-order valence-corrected chi connectivity index (χ2v) is 2.66. The normalized spacial score (nSPS) is 10.2. The van der Waals surface area contributed by atoms with E-state index in [1.807, 2.05) is 18.3 Å². The molecule has 0 saturated carbocycles. The first kappa shape index (κ1) is 4.94. The van der Waals surface area contributed by atoms with Gasteiger partial charge in [0.05, 0.1) is 0 Å². The van der Waals surface area contributed by atoms with Crippen LogP contribution in [0, 0.1) is 5.38 Å². The van der Waals surface area contributed by atoms with Crippen LogP contribution in [0.3, 0.4) is 0 Å². The lowest BCUT2D eigenvalue weighted by atomic mass is 10.4. The third kappa shape index (κ3) is 0.715. The Balaban J connectivity index is 2.95. The van der Waals surface area contributed by atoms with Gasteiger partial charge < -0.3 is 0 Å². The van der Waals surface area contributed by atoms with Gasteiger partial charge in [-0.05, 0) is 12.1 Å². The number of rotatable bonds is 0. The average Bonchev–Trinajstić information content (AvgIpc) is 2.33. The first-order valence-corrected chi connectivity index (χ1v) is 3.48. The third-order valence-corrected chi connectivity index (χ3v) is 2.02. The van der Waals surface area contributed by atoms with E-state index in [4.69, 9.17) is 0 Å². The minimum absolute atomic E-state index is 1.18. The number of pyridine rings is 1. The fraction of sp³-hybridized carbons (Fsp3) is 0. The molecule has 0 aromatic carbocycles. The van der Waals surface area contributed by atoms with Gasteiger partial charge in [-0.1, -0.05) is 0 Å². The minimum atomic E-state index is 1.18. The summed E-state index contributed by atoms with van der Waals surface area (Å²) in [6.45, 7) is 0. The first-order valence-electron chi connectivity index (χ1n) is 2.66. The Hall–Kier alpha value is -0.890. The molecule has 0 amide bonds. The third-order valence-electron chi connectivity index (χ3n) is 1.19. The van der Waals surface area contributed by atoms with Crippen LogP contribution in [0.4, 0.5) is 0 Å². The van der Waals surface area contributed by atoms with E-state index in [0.717, 1.165) is 0 Å². The molecule has 0 fully saturated rings. The molecule has 2 aromatic heterocycles. The van der Waals surface area contributed by atoms with Crippen LogP contribution >= 0.6 is 11.3 Å². The van der Waals surface area contributed by atoms with Crippen LogP contribution < -0.4 is 0 Å². The highest BCUT2D eigenvalue weighted by atomic mass is 32.1. The zero-order chi connectivity index (χ0) is 6.10. The van der Waals surface area contributed by atoms with E-state index in [1.165, 1.54) is 10.1 Å². The highest BCUT2D eigenvalue weighted by Gasteiger charge is 1.89. The van der Waals surface area contributed by atoms with Crippen molar-refractivity contribution >= 4 is 21.4 Å². The molecule has 43 valence electrons. The second-order valence-electron chi connectivity index (χ2n) is 1.78. The Morgan fingerprint density at radius 3 is 3.44 bits per heavy atom. The zero-order valence-electron chi connectivity index (χ0n) is 4.66. The number of hydrogen-bond acceptors (Lipinski definition) is 2. The number of fused-ring (bicyclic) bond motifs is 1. The Morgan fingerprint density at radius 2 is 2.56 bits per heavy atom. The van der Waals surface area contributed by atoms with E-state index in [2.05, 4.69) is 10.4 Å². The molecular weight excluding hydrogens is 130 g/mol. The maximum Gasteiger partial charge on any atom is 0.0456 e. The van der Waals surface area contributed by atoms with E-state index in [1.54, 1.807) is 17.5 Å². The van der Waals surface area contributed by atoms with Crippen molar-refractivity contribution in [3.8, 4) is 0 Å². The van der Waals surface area contributed by atoms with E-state index < -0.39 is 0 Å². The predicted octanol–water partition coefficient (Wildman–Crippen LogP) is 2.10. The average molecular weight is 134 g/mol. The molecule has 0 unspecified atom stereocenters. The standard InChI is InChI=1S/C7H4NS/c1-3-8-5-6-2-4-9-7(1)6/h1-3,5H. The Kier molecular flexibility index (Phi) is 0.993. The minimum Gasteiger partial charge on any atom is -0.264 e. The van der Waals surface area contributed by atoms with Crippen molar-refractivity contribution in [1.82, 2.24) is 4.98 Å². The monoisotopic (exact) mass is 134 g/mol. The molecule has 0 bridgehead atoms. The summed E-state index contributed by atoms with van der Waals surface area (Å²) in [6.07, 6.45) is 3.65. The van der Waals surface area contributed by atoms with Gasteiger partial charge in [0.25, 0.3) is 0 Å². The van der Waals surface area contributed by atoms with Gasteiger partial charge >= 0.3 is 0 Å². The highest BCUT2D eigenvalue weighted by molar-refractivity contribution is 7.16. The summed E-state index contributed by atoms with van der Waals surface area (Å²) in [5.74, 6) is 0. The quantitative estimate of drug-likeness (QED) is 0.537. The van der Waals surface area contributed by atoms with Crippen LogP contribution in [-0.4, -0.2) is 4.98 Å². The van der Waals surface area contributed by atoms with Crippen molar-refractivity contribution in [2.45, 2.75) is 0 Å². The Bertz CT molecular complexity index is 283. The molecule has 0 aliphatic heterocycles. The predicted molar refractivity (Wildman–Crippen MR) is 38.5 cm³/mol. The lowest BCUT2D eigenvalue weighted by Gasteiger charge is -1.81. The fourth-order valence-electron chi connectivity index (χ4n) is 0.752. The molecule has 2 rings (SSSR count). The van der Waals surface area contributed by atoms with Crippen LogP contribution in [-0.2, 0) is 0 Å². The number of thiophene rings is 1. The molecule has 2 heteroatoms. The van der Waals surface area contributed by atoms with Crippen molar-refractivity contribution in [1.29, 1.82) is 0 Å². The summed E-state index contributed by atoms with van der Waals surface area (Å²) in [7, 11) is 0. The van der Waals surface area contributed by atoms with E-state index in [9.17, 15) is 0 Å². The van der Waals surface area contributed by atoms with Crippen LogP contribution in [0.1, 0.15) is 0 Å². The van der Waals surface area contributed by atoms with Crippen LogP contribution in [0.5, 0.6) is 0 Å². The number of hydrogen-bond donors (Lipinski definition) is 0. The van der Waals surface area contributed by atoms with Crippen molar-refractivity contribution in [2.24, 2.45) is 0 Å². The van der Waals surface area contributed by atoms with Gasteiger partial charge in [0.15, 0.2) is 0 Å². The topological polar surface area (TPSA) is 12.9 Å². The van der Waals surface area contributed by atoms with E-state index in [-0.39, 0.29) is 0 Å². The first-order chi connectivity index (χ1) is 4.47. The van der Waals surface area contributed by atoms with Crippen LogP contribution in [0.25, 0.3) is 10.1 Å². The second kappa shape index (κ2) is 1.81. The molecule has 0 aliphatic carbocycles.